The average Bonchev–Trinajstić information content (AvgIpc) is 2.31. The Kier molecular flexibility index (Phi) is 5.06. The lowest BCUT2D eigenvalue weighted by Gasteiger charge is -2.23. The number of thiocarbonyl (C=S) groups is 1. The fourth-order valence-corrected chi connectivity index (χ4v) is 1.71. The fourth-order valence-electron chi connectivity index (χ4n) is 1.63. The molecule has 104 valence electrons. The maximum absolute atomic E-state index is 12.0. The smallest absolute Gasteiger partial charge is 0.224 e. The summed E-state index contributed by atoms with van der Waals surface area (Å²) in [6.45, 7) is 8.35. The molecule has 0 radical (unpaired) electrons. The van der Waals surface area contributed by atoms with Crippen LogP contribution in [0.25, 0.3) is 0 Å². The SMILES string of the molecule is Cc1ccc(C)c(CC(=O)NCC(C)(C)C(N)=S)c1. The Hall–Kier alpha value is -1.42. The van der Waals surface area contributed by atoms with E-state index in [0.717, 1.165) is 16.7 Å². The molecule has 0 aliphatic rings. The van der Waals surface area contributed by atoms with Gasteiger partial charge in [-0.2, -0.15) is 0 Å². The number of rotatable bonds is 5. The molecule has 0 fully saturated rings. The van der Waals surface area contributed by atoms with Crippen LogP contribution in [0, 0.1) is 19.3 Å². The van der Waals surface area contributed by atoms with Gasteiger partial charge in [-0.15, -0.1) is 0 Å². The highest BCUT2D eigenvalue weighted by Gasteiger charge is 2.22. The van der Waals surface area contributed by atoms with Crippen LogP contribution in [0.15, 0.2) is 18.2 Å². The number of aryl methyl sites for hydroxylation is 2. The summed E-state index contributed by atoms with van der Waals surface area (Å²) in [5.74, 6) is -0.00183. The lowest BCUT2D eigenvalue weighted by Crippen LogP contribution is -2.41. The zero-order valence-corrected chi connectivity index (χ0v) is 12.9. The van der Waals surface area contributed by atoms with Gasteiger partial charge in [-0.05, 0) is 25.0 Å². The Bertz CT molecular complexity index is 495. The van der Waals surface area contributed by atoms with Crippen molar-refractivity contribution in [3.05, 3.63) is 34.9 Å². The predicted octanol–water partition coefficient (Wildman–Crippen LogP) is 2.27. The molecule has 3 nitrogen and oxygen atoms in total. The van der Waals surface area contributed by atoms with Crippen molar-refractivity contribution in [1.29, 1.82) is 0 Å². The molecule has 0 unspecified atom stereocenters. The molecule has 1 amide bonds. The number of benzene rings is 1. The van der Waals surface area contributed by atoms with E-state index < -0.39 is 0 Å². The number of carbonyl (C=O) groups excluding carboxylic acids is 1. The van der Waals surface area contributed by atoms with Crippen molar-refractivity contribution >= 4 is 23.1 Å². The van der Waals surface area contributed by atoms with Crippen molar-refractivity contribution in [3.8, 4) is 0 Å². The van der Waals surface area contributed by atoms with Crippen molar-refractivity contribution in [1.82, 2.24) is 5.32 Å². The molecule has 4 heteroatoms. The number of nitrogens with one attached hydrogen (secondary N) is 1. The molecule has 0 saturated carbocycles. The van der Waals surface area contributed by atoms with Crippen LogP contribution in [0.1, 0.15) is 30.5 Å². The molecule has 0 aromatic heterocycles. The van der Waals surface area contributed by atoms with Gasteiger partial charge in [-0.25, -0.2) is 0 Å². The first kappa shape index (κ1) is 15.6. The van der Waals surface area contributed by atoms with Crippen LogP contribution >= 0.6 is 12.2 Å². The van der Waals surface area contributed by atoms with Crippen molar-refractivity contribution in [3.63, 3.8) is 0 Å². The van der Waals surface area contributed by atoms with E-state index in [1.54, 1.807) is 0 Å². The highest BCUT2D eigenvalue weighted by Crippen LogP contribution is 2.14. The second-order valence-corrected chi connectivity index (χ2v) is 6.07. The number of nitrogens with two attached hydrogens (primary N) is 1. The van der Waals surface area contributed by atoms with E-state index >= 15 is 0 Å². The van der Waals surface area contributed by atoms with E-state index in [2.05, 4.69) is 5.32 Å². The molecule has 0 heterocycles. The van der Waals surface area contributed by atoms with Gasteiger partial charge in [0.25, 0.3) is 0 Å². The van der Waals surface area contributed by atoms with Crippen molar-refractivity contribution < 1.29 is 4.79 Å². The van der Waals surface area contributed by atoms with Crippen LogP contribution in [0.4, 0.5) is 0 Å². The van der Waals surface area contributed by atoms with Gasteiger partial charge in [0.2, 0.25) is 5.91 Å². The maximum Gasteiger partial charge on any atom is 0.224 e. The monoisotopic (exact) mass is 278 g/mol. The Morgan fingerprint density at radius 1 is 1.37 bits per heavy atom. The maximum atomic E-state index is 12.0. The summed E-state index contributed by atoms with van der Waals surface area (Å²) in [7, 11) is 0. The van der Waals surface area contributed by atoms with Crippen LogP contribution in [0.3, 0.4) is 0 Å². The molecule has 3 N–H and O–H groups in total. The molecule has 1 aromatic carbocycles. The van der Waals surface area contributed by atoms with E-state index in [4.69, 9.17) is 18.0 Å². The molecule has 0 spiro atoms. The second-order valence-electron chi connectivity index (χ2n) is 5.63. The fraction of sp³-hybridized carbons (Fsp3) is 0.467. The van der Waals surface area contributed by atoms with Crippen LogP contribution in [0.5, 0.6) is 0 Å². The van der Waals surface area contributed by atoms with Gasteiger partial charge in [0, 0.05) is 12.0 Å². The highest BCUT2D eigenvalue weighted by atomic mass is 32.1. The van der Waals surface area contributed by atoms with Crippen molar-refractivity contribution in [2.24, 2.45) is 11.1 Å². The summed E-state index contributed by atoms with van der Waals surface area (Å²) >= 11 is 4.98. The first-order valence-corrected chi connectivity index (χ1v) is 6.76. The van der Waals surface area contributed by atoms with Crippen molar-refractivity contribution in [2.75, 3.05) is 6.54 Å². The van der Waals surface area contributed by atoms with Gasteiger partial charge >= 0.3 is 0 Å². The summed E-state index contributed by atoms with van der Waals surface area (Å²) in [5.41, 5.74) is 8.64. The van der Waals surface area contributed by atoms with Gasteiger partial charge in [-0.3, -0.25) is 4.79 Å². The largest absolute Gasteiger partial charge is 0.393 e. The minimum atomic E-state index is -0.355. The van der Waals surface area contributed by atoms with E-state index in [0.29, 0.717) is 18.0 Å². The summed E-state index contributed by atoms with van der Waals surface area (Å²) in [5, 5.41) is 2.89. The highest BCUT2D eigenvalue weighted by molar-refractivity contribution is 7.80. The average molecular weight is 278 g/mol. The third kappa shape index (κ3) is 4.63. The molecule has 0 saturated heterocycles. The van der Waals surface area contributed by atoms with Gasteiger partial charge in [0.15, 0.2) is 0 Å². The number of amides is 1. The predicted molar refractivity (Wildman–Crippen MR) is 83.2 cm³/mol. The van der Waals surface area contributed by atoms with Gasteiger partial charge < -0.3 is 11.1 Å². The molecule has 0 aliphatic heterocycles. The summed E-state index contributed by atoms with van der Waals surface area (Å²) in [4.78, 5) is 12.4. The molecule has 1 rings (SSSR count). The third-order valence-electron chi connectivity index (χ3n) is 3.25. The zero-order chi connectivity index (χ0) is 14.6. The second kappa shape index (κ2) is 6.15. The Labute approximate surface area is 120 Å². The molecular formula is C15H22N2OS. The van der Waals surface area contributed by atoms with Crippen LogP contribution in [0.2, 0.25) is 0 Å². The Morgan fingerprint density at radius 2 is 2.00 bits per heavy atom. The normalized spacial score (nSPS) is 11.2. The molecule has 0 atom stereocenters. The van der Waals surface area contributed by atoms with Crippen molar-refractivity contribution in [2.45, 2.75) is 34.1 Å². The van der Waals surface area contributed by atoms with E-state index in [1.165, 1.54) is 0 Å². The summed E-state index contributed by atoms with van der Waals surface area (Å²) < 4.78 is 0. The number of hydrogen-bond acceptors (Lipinski definition) is 2. The number of carbonyl (C=O) groups is 1. The van der Waals surface area contributed by atoms with Gasteiger partial charge in [-0.1, -0.05) is 49.8 Å². The minimum absolute atomic E-state index is 0.00183. The van der Waals surface area contributed by atoms with Crippen LogP contribution in [-0.4, -0.2) is 17.4 Å². The number of hydrogen-bond donors (Lipinski definition) is 2. The molecule has 19 heavy (non-hydrogen) atoms. The lowest BCUT2D eigenvalue weighted by molar-refractivity contribution is -0.120. The van der Waals surface area contributed by atoms with Gasteiger partial charge in [0.1, 0.15) is 0 Å². The van der Waals surface area contributed by atoms with E-state index in [9.17, 15) is 4.79 Å². The molecule has 0 bridgehead atoms. The Balaban J connectivity index is 2.61. The molecule has 0 aliphatic carbocycles. The zero-order valence-electron chi connectivity index (χ0n) is 12.0. The first-order chi connectivity index (χ1) is 8.72. The molecular weight excluding hydrogens is 256 g/mol. The first-order valence-electron chi connectivity index (χ1n) is 6.35. The van der Waals surface area contributed by atoms with Crippen LogP contribution in [-0.2, 0) is 11.2 Å². The Morgan fingerprint density at radius 3 is 2.58 bits per heavy atom. The topological polar surface area (TPSA) is 55.1 Å². The molecule has 1 aromatic rings. The van der Waals surface area contributed by atoms with E-state index in [1.807, 2.05) is 45.9 Å². The minimum Gasteiger partial charge on any atom is -0.393 e. The summed E-state index contributed by atoms with van der Waals surface area (Å²) in [6, 6.07) is 6.14. The lowest BCUT2D eigenvalue weighted by atomic mass is 9.93. The van der Waals surface area contributed by atoms with Crippen LogP contribution < -0.4 is 11.1 Å². The van der Waals surface area contributed by atoms with Gasteiger partial charge in [0.05, 0.1) is 11.4 Å². The van der Waals surface area contributed by atoms with E-state index in [-0.39, 0.29) is 11.3 Å². The third-order valence-corrected chi connectivity index (χ3v) is 3.80. The quantitative estimate of drug-likeness (QED) is 0.812. The summed E-state index contributed by atoms with van der Waals surface area (Å²) in [6.07, 6.45) is 0.390. The standard InChI is InChI=1S/C15H22N2OS/c1-10-5-6-11(2)12(7-10)8-13(18)17-9-15(3,4)14(16)19/h5-7H,8-9H2,1-4H3,(H2,16,19)(H,17,18).